The first-order chi connectivity index (χ1) is 7.86. The van der Waals surface area contributed by atoms with Gasteiger partial charge in [0, 0.05) is 10.9 Å². The quantitative estimate of drug-likeness (QED) is 0.606. The van der Waals surface area contributed by atoms with Crippen LogP contribution in [0.3, 0.4) is 0 Å². The van der Waals surface area contributed by atoms with E-state index >= 15 is 0 Å². The van der Waals surface area contributed by atoms with Crippen molar-refractivity contribution in [1.29, 1.82) is 0 Å². The summed E-state index contributed by atoms with van der Waals surface area (Å²) in [6, 6.07) is 2.87. The molecule has 3 heteroatoms. The molecule has 1 aliphatic rings. The van der Waals surface area contributed by atoms with Gasteiger partial charge in [-0.3, -0.25) is 0 Å². The predicted octanol–water partition coefficient (Wildman–Crippen LogP) is 3.60. The van der Waals surface area contributed by atoms with Crippen LogP contribution in [0.15, 0.2) is 21.6 Å². The molecule has 2 rings (SSSR count). The molecule has 0 spiro atoms. The van der Waals surface area contributed by atoms with Crippen molar-refractivity contribution in [3.8, 4) is 0 Å². The Labute approximate surface area is 102 Å². The fourth-order valence-electron chi connectivity index (χ4n) is 2.21. The fourth-order valence-corrected chi connectivity index (χ4v) is 3.13. The van der Waals surface area contributed by atoms with E-state index in [1.165, 1.54) is 42.8 Å². The van der Waals surface area contributed by atoms with E-state index in [1.54, 1.807) is 6.26 Å². The molecule has 0 atom stereocenters. The van der Waals surface area contributed by atoms with E-state index in [9.17, 15) is 0 Å². The minimum absolute atomic E-state index is 0.806. The molecule has 2 nitrogen and oxygen atoms in total. The molecule has 0 unspecified atom stereocenters. The molecule has 0 saturated heterocycles. The number of hydrogen-bond acceptors (Lipinski definition) is 3. The van der Waals surface area contributed by atoms with Gasteiger partial charge in [0.2, 0.25) is 0 Å². The Kier molecular flexibility index (Phi) is 4.79. The monoisotopic (exact) mass is 239 g/mol. The molecule has 1 heterocycles. The van der Waals surface area contributed by atoms with E-state index in [0.29, 0.717) is 0 Å². The number of nitrogens with one attached hydrogen (secondary N) is 1. The largest absolute Gasteiger partial charge is 0.468 e. The highest BCUT2D eigenvalue weighted by atomic mass is 32.2. The average molecular weight is 239 g/mol. The fraction of sp³-hybridized carbons (Fsp3) is 0.692. The molecule has 0 bridgehead atoms. The molecule has 1 aromatic heterocycles. The topological polar surface area (TPSA) is 25.2 Å². The van der Waals surface area contributed by atoms with E-state index in [2.05, 4.69) is 11.4 Å². The van der Waals surface area contributed by atoms with Crippen molar-refractivity contribution in [3.05, 3.63) is 18.1 Å². The van der Waals surface area contributed by atoms with Crippen LogP contribution in [0.4, 0.5) is 0 Å². The van der Waals surface area contributed by atoms with E-state index in [1.807, 2.05) is 18.7 Å². The molecular weight excluding hydrogens is 218 g/mol. The Morgan fingerprint density at radius 3 is 2.94 bits per heavy atom. The highest BCUT2D eigenvalue weighted by Gasteiger charge is 2.13. The Morgan fingerprint density at radius 1 is 1.44 bits per heavy atom. The summed E-state index contributed by atoms with van der Waals surface area (Å²) < 4.78 is 5.27. The molecule has 16 heavy (non-hydrogen) atoms. The van der Waals surface area contributed by atoms with Gasteiger partial charge in [0.05, 0.1) is 6.26 Å². The molecule has 0 amide bonds. The Balaban J connectivity index is 1.53. The molecule has 1 fully saturated rings. The third-order valence-corrected chi connectivity index (χ3v) is 4.41. The highest BCUT2D eigenvalue weighted by Crippen LogP contribution is 2.23. The number of furan rings is 1. The van der Waals surface area contributed by atoms with Crippen molar-refractivity contribution < 1.29 is 4.42 Å². The Bertz CT molecular complexity index is 305. The summed E-state index contributed by atoms with van der Waals surface area (Å²) in [5.74, 6) is 2.23. The van der Waals surface area contributed by atoms with Crippen molar-refractivity contribution in [2.75, 3.05) is 12.3 Å². The average Bonchev–Trinajstić information content (AvgIpc) is 2.90. The van der Waals surface area contributed by atoms with Gasteiger partial charge in [0.25, 0.3) is 0 Å². The highest BCUT2D eigenvalue weighted by molar-refractivity contribution is 7.99. The maximum absolute atomic E-state index is 5.27. The van der Waals surface area contributed by atoms with Gasteiger partial charge in [-0.05, 0) is 44.6 Å². The second kappa shape index (κ2) is 6.36. The minimum Gasteiger partial charge on any atom is -0.468 e. The number of hydrogen-bond donors (Lipinski definition) is 1. The van der Waals surface area contributed by atoms with Gasteiger partial charge in [0.1, 0.15) is 5.76 Å². The molecular formula is C13H21NOS. The van der Waals surface area contributed by atoms with Crippen molar-refractivity contribution in [1.82, 2.24) is 5.32 Å². The van der Waals surface area contributed by atoms with Crippen LogP contribution in [-0.2, 0) is 0 Å². The smallest absolute Gasteiger partial charge is 0.114 e. The zero-order valence-electron chi connectivity index (χ0n) is 10.00. The summed E-state index contributed by atoms with van der Waals surface area (Å²) in [4.78, 5) is 1.29. The SMILES string of the molecule is Cc1occc1SCCCNC1CCCC1. The lowest BCUT2D eigenvalue weighted by molar-refractivity contribution is 0.523. The maximum Gasteiger partial charge on any atom is 0.114 e. The molecule has 1 saturated carbocycles. The van der Waals surface area contributed by atoms with Crippen molar-refractivity contribution in [2.24, 2.45) is 0 Å². The summed E-state index contributed by atoms with van der Waals surface area (Å²) in [7, 11) is 0. The first kappa shape index (κ1) is 12.1. The normalized spacial score (nSPS) is 17.1. The Hall–Kier alpha value is -0.410. The zero-order valence-corrected chi connectivity index (χ0v) is 10.8. The van der Waals surface area contributed by atoms with Crippen molar-refractivity contribution in [3.63, 3.8) is 0 Å². The van der Waals surface area contributed by atoms with Gasteiger partial charge in [-0.15, -0.1) is 11.8 Å². The van der Waals surface area contributed by atoms with Crippen LogP contribution in [0, 0.1) is 6.92 Å². The zero-order chi connectivity index (χ0) is 11.2. The third kappa shape index (κ3) is 3.56. The minimum atomic E-state index is 0.806. The van der Waals surface area contributed by atoms with E-state index < -0.39 is 0 Å². The van der Waals surface area contributed by atoms with Crippen LogP contribution in [0.1, 0.15) is 37.9 Å². The first-order valence-electron chi connectivity index (χ1n) is 6.26. The molecule has 0 radical (unpaired) electrons. The molecule has 1 N–H and O–H groups in total. The summed E-state index contributed by atoms with van der Waals surface area (Å²) >= 11 is 1.90. The van der Waals surface area contributed by atoms with Gasteiger partial charge >= 0.3 is 0 Å². The van der Waals surface area contributed by atoms with Gasteiger partial charge < -0.3 is 9.73 Å². The molecule has 0 aromatic carbocycles. The summed E-state index contributed by atoms with van der Waals surface area (Å²) in [6.07, 6.45) is 8.61. The summed E-state index contributed by atoms with van der Waals surface area (Å²) in [6.45, 7) is 3.19. The van der Waals surface area contributed by atoms with Gasteiger partial charge in [0.15, 0.2) is 0 Å². The standard InChI is InChI=1S/C13H21NOS/c1-11-13(7-9-15-11)16-10-4-8-14-12-5-2-3-6-12/h7,9,12,14H,2-6,8,10H2,1H3. The number of aryl methyl sites for hydroxylation is 1. The molecule has 1 aliphatic carbocycles. The van der Waals surface area contributed by atoms with Crippen molar-refractivity contribution in [2.45, 2.75) is 50.0 Å². The predicted molar refractivity (Wildman–Crippen MR) is 69.0 cm³/mol. The van der Waals surface area contributed by atoms with Crippen LogP contribution in [0.5, 0.6) is 0 Å². The lowest BCUT2D eigenvalue weighted by atomic mass is 10.2. The van der Waals surface area contributed by atoms with Gasteiger partial charge in [-0.1, -0.05) is 12.8 Å². The maximum atomic E-state index is 5.27. The van der Waals surface area contributed by atoms with Crippen LogP contribution in [0.2, 0.25) is 0 Å². The molecule has 0 aliphatic heterocycles. The number of rotatable bonds is 6. The second-order valence-electron chi connectivity index (χ2n) is 4.48. The lowest BCUT2D eigenvalue weighted by Gasteiger charge is -2.10. The number of thioether (sulfide) groups is 1. The second-order valence-corrected chi connectivity index (χ2v) is 5.62. The summed E-state index contributed by atoms with van der Waals surface area (Å²) in [5, 5.41) is 3.64. The van der Waals surface area contributed by atoms with Crippen molar-refractivity contribution >= 4 is 11.8 Å². The van der Waals surface area contributed by atoms with Gasteiger partial charge in [-0.2, -0.15) is 0 Å². The van der Waals surface area contributed by atoms with E-state index in [0.717, 1.165) is 18.3 Å². The van der Waals surface area contributed by atoms with Crippen LogP contribution >= 0.6 is 11.8 Å². The third-order valence-electron chi connectivity index (χ3n) is 3.18. The lowest BCUT2D eigenvalue weighted by Crippen LogP contribution is -2.27. The van der Waals surface area contributed by atoms with Crippen LogP contribution in [0.25, 0.3) is 0 Å². The first-order valence-corrected chi connectivity index (χ1v) is 7.25. The molecule has 1 aromatic rings. The van der Waals surface area contributed by atoms with Gasteiger partial charge in [-0.25, -0.2) is 0 Å². The van der Waals surface area contributed by atoms with Crippen LogP contribution < -0.4 is 5.32 Å². The van der Waals surface area contributed by atoms with E-state index in [-0.39, 0.29) is 0 Å². The van der Waals surface area contributed by atoms with Crippen LogP contribution in [-0.4, -0.2) is 18.3 Å². The summed E-state index contributed by atoms with van der Waals surface area (Å²) in [5.41, 5.74) is 0. The van der Waals surface area contributed by atoms with E-state index in [4.69, 9.17) is 4.42 Å². The molecule has 90 valence electrons. The Morgan fingerprint density at radius 2 is 2.25 bits per heavy atom.